The second-order valence-corrected chi connectivity index (χ2v) is 4.87. The van der Waals surface area contributed by atoms with Crippen molar-refractivity contribution in [1.82, 2.24) is 0 Å². The van der Waals surface area contributed by atoms with Crippen LogP contribution < -0.4 is 0 Å². The minimum absolute atomic E-state index is 0.226. The second-order valence-electron chi connectivity index (χ2n) is 4.87. The van der Waals surface area contributed by atoms with Gasteiger partial charge in [-0.1, -0.05) is 24.3 Å². The minimum atomic E-state index is -4.29. The van der Waals surface area contributed by atoms with E-state index in [-0.39, 0.29) is 11.7 Å². The lowest BCUT2D eigenvalue weighted by Gasteiger charge is -2.16. The molecule has 4 heteroatoms. The summed E-state index contributed by atoms with van der Waals surface area (Å²) in [5.41, 5.74) is 0.0866. The van der Waals surface area contributed by atoms with E-state index in [1.54, 1.807) is 6.08 Å². The van der Waals surface area contributed by atoms with Gasteiger partial charge in [0.25, 0.3) is 0 Å². The summed E-state index contributed by atoms with van der Waals surface area (Å²) in [6, 6.07) is 5.05. The van der Waals surface area contributed by atoms with Crippen LogP contribution in [0.5, 0.6) is 0 Å². The molecule has 102 valence electrons. The summed E-state index contributed by atoms with van der Waals surface area (Å²) in [5, 5.41) is 0. The number of carbonyl (C=O) groups is 1. The van der Waals surface area contributed by atoms with Crippen LogP contribution in [0.4, 0.5) is 13.2 Å². The van der Waals surface area contributed by atoms with Gasteiger partial charge < -0.3 is 0 Å². The molecule has 0 spiro atoms. The van der Waals surface area contributed by atoms with E-state index >= 15 is 0 Å². The van der Waals surface area contributed by atoms with E-state index in [4.69, 9.17) is 0 Å². The fourth-order valence-corrected chi connectivity index (χ4v) is 2.25. The maximum atomic E-state index is 12.4. The Morgan fingerprint density at radius 3 is 2.42 bits per heavy atom. The summed E-state index contributed by atoms with van der Waals surface area (Å²) in [7, 11) is 0. The third-order valence-corrected chi connectivity index (χ3v) is 3.32. The van der Waals surface area contributed by atoms with E-state index < -0.39 is 11.7 Å². The molecular weight excluding hydrogens is 253 g/mol. The number of carbonyl (C=O) groups excluding carboxylic acids is 1. The molecule has 0 N–H and O–H groups in total. The molecule has 1 nitrogen and oxygen atoms in total. The Hall–Kier alpha value is -1.58. The summed E-state index contributed by atoms with van der Waals surface area (Å²) < 4.78 is 37.2. The molecule has 2 rings (SSSR count). The van der Waals surface area contributed by atoms with Crippen molar-refractivity contribution < 1.29 is 18.0 Å². The van der Waals surface area contributed by atoms with Gasteiger partial charge >= 0.3 is 6.18 Å². The lowest BCUT2D eigenvalue weighted by Crippen LogP contribution is -2.12. The highest BCUT2D eigenvalue weighted by molar-refractivity contribution is 5.79. The Morgan fingerprint density at radius 2 is 1.84 bits per heavy atom. The molecule has 1 aliphatic carbocycles. The molecule has 0 aliphatic heterocycles. The smallest absolute Gasteiger partial charge is 0.300 e. The number of hydrogen-bond donors (Lipinski definition) is 0. The number of ketones is 1. The van der Waals surface area contributed by atoms with E-state index in [0.29, 0.717) is 12.8 Å². The van der Waals surface area contributed by atoms with E-state index in [0.717, 1.165) is 30.5 Å². The van der Waals surface area contributed by atoms with Crippen molar-refractivity contribution in [1.29, 1.82) is 0 Å². The van der Waals surface area contributed by atoms with Crippen LogP contribution in [0.15, 0.2) is 30.3 Å². The van der Waals surface area contributed by atoms with E-state index in [2.05, 4.69) is 0 Å². The molecule has 1 aromatic rings. The van der Waals surface area contributed by atoms with Gasteiger partial charge in [-0.25, -0.2) is 0 Å². The Bertz CT molecular complexity index is 471. The fourth-order valence-electron chi connectivity index (χ4n) is 2.25. The zero-order chi connectivity index (χ0) is 13.9. The number of benzene rings is 1. The largest absolute Gasteiger partial charge is 0.416 e. The van der Waals surface area contributed by atoms with Gasteiger partial charge in [0, 0.05) is 12.8 Å². The van der Waals surface area contributed by atoms with Crippen LogP contribution in [-0.2, 0) is 11.0 Å². The number of hydrogen-bond acceptors (Lipinski definition) is 1. The number of halogens is 3. The van der Waals surface area contributed by atoms with Gasteiger partial charge in [0.15, 0.2) is 0 Å². The van der Waals surface area contributed by atoms with Gasteiger partial charge in [-0.05, 0) is 36.5 Å². The van der Waals surface area contributed by atoms with E-state index in [1.807, 2.05) is 6.08 Å². The fraction of sp³-hybridized carbons (Fsp3) is 0.400. The van der Waals surface area contributed by atoms with Crippen molar-refractivity contribution in [2.24, 2.45) is 5.92 Å². The van der Waals surface area contributed by atoms with Crippen LogP contribution in [0, 0.1) is 5.92 Å². The van der Waals surface area contributed by atoms with Crippen LogP contribution in [0.2, 0.25) is 0 Å². The van der Waals surface area contributed by atoms with E-state index in [1.165, 1.54) is 12.1 Å². The lowest BCUT2D eigenvalue weighted by molar-refractivity contribution is -0.137. The SMILES string of the molecule is O=C1CCCC(/C=C/c2ccc(C(F)(F)F)cc2)C1. The molecule has 1 unspecified atom stereocenters. The predicted molar refractivity (Wildman–Crippen MR) is 67.4 cm³/mol. The lowest BCUT2D eigenvalue weighted by atomic mass is 9.88. The molecule has 19 heavy (non-hydrogen) atoms. The van der Waals surface area contributed by atoms with Crippen LogP contribution in [-0.4, -0.2) is 5.78 Å². The Morgan fingerprint density at radius 1 is 1.16 bits per heavy atom. The molecule has 1 aromatic carbocycles. The molecule has 1 aliphatic rings. The van der Waals surface area contributed by atoms with E-state index in [9.17, 15) is 18.0 Å². The normalized spacial score (nSPS) is 21.0. The maximum Gasteiger partial charge on any atom is 0.416 e. The number of allylic oxidation sites excluding steroid dienone is 1. The molecule has 0 amide bonds. The average molecular weight is 268 g/mol. The van der Waals surface area contributed by atoms with Gasteiger partial charge in [-0.15, -0.1) is 0 Å². The van der Waals surface area contributed by atoms with Gasteiger partial charge in [0.1, 0.15) is 5.78 Å². The molecule has 1 fully saturated rings. The quantitative estimate of drug-likeness (QED) is 0.773. The first-order valence-corrected chi connectivity index (χ1v) is 6.32. The zero-order valence-electron chi connectivity index (χ0n) is 10.4. The standard InChI is InChI=1S/C15H15F3O/c16-15(17,18)13-8-6-11(7-9-13)4-5-12-2-1-3-14(19)10-12/h4-9,12H,1-3,10H2/b5-4+. The molecule has 0 saturated heterocycles. The van der Waals surface area contributed by atoms with Crippen LogP contribution >= 0.6 is 0 Å². The van der Waals surface area contributed by atoms with Crippen molar-refractivity contribution in [2.75, 3.05) is 0 Å². The molecular formula is C15H15F3O. The summed E-state index contributed by atoms with van der Waals surface area (Å²) in [5.74, 6) is 0.497. The van der Waals surface area contributed by atoms with Crippen LogP contribution in [0.1, 0.15) is 36.8 Å². The number of rotatable bonds is 2. The van der Waals surface area contributed by atoms with Crippen molar-refractivity contribution in [3.8, 4) is 0 Å². The third kappa shape index (κ3) is 3.94. The molecule has 0 radical (unpaired) electrons. The number of Topliss-reactive ketones (excluding diaryl/α,β-unsaturated/α-hetero) is 1. The molecule has 0 heterocycles. The average Bonchev–Trinajstić information content (AvgIpc) is 2.36. The predicted octanol–water partition coefficient (Wildman–Crippen LogP) is 4.48. The maximum absolute atomic E-state index is 12.4. The first kappa shape index (κ1) is 13.8. The van der Waals surface area contributed by atoms with Gasteiger partial charge in [-0.3, -0.25) is 4.79 Å². The van der Waals surface area contributed by atoms with Crippen molar-refractivity contribution >= 4 is 11.9 Å². The zero-order valence-corrected chi connectivity index (χ0v) is 10.4. The second kappa shape index (κ2) is 5.59. The molecule has 1 atom stereocenters. The minimum Gasteiger partial charge on any atom is -0.300 e. The van der Waals surface area contributed by atoms with Crippen molar-refractivity contribution in [2.45, 2.75) is 31.9 Å². The molecule has 1 saturated carbocycles. The first-order chi connectivity index (χ1) is 8.95. The molecule has 0 aromatic heterocycles. The van der Waals surface area contributed by atoms with Crippen LogP contribution in [0.3, 0.4) is 0 Å². The highest BCUT2D eigenvalue weighted by Crippen LogP contribution is 2.29. The van der Waals surface area contributed by atoms with Gasteiger partial charge in [0.2, 0.25) is 0 Å². The highest BCUT2D eigenvalue weighted by atomic mass is 19.4. The summed E-state index contributed by atoms with van der Waals surface area (Å²) in [6.45, 7) is 0. The molecule has 0 bridgehead atoms. The first-order valence-electron chi connectivity index (χ1n) is 6.32. The highest BCUT2D eigenvalue weighted by Gasteiger charge is 2.29. The van der Waals surface area contributed by atoms with Crippen molar-refractivity contribution in [3.63, 3.8) is 0 Å². The Labute approximate surface area is 110 Å². The summed E-state index contributed by atoms with van der Waals surface area (Å²) in [6.07, 6.45) is 2.52. The summed E-state index contributed by atoms with van der Waals surface area (Å²) >= 11 is 0. The topological polar surface area (TPSA) is 17.1 Å². The van der Waals surface area contributed by atoms with Gasteiger partial charge in [-0.2, -0.15) is 13.2 Å². The van der Waals surface area contributed by atoms with Crippen molar-refractivity contribution in [3.05, 3.63) is 41.5 Å². The van der Waals surface area contributed by atoms with Crippen LogP contribution in [0.25, 0.3) is 6.08 Å². The van der Waals surface area contributed by atoms with Gasteiger partial charge in [0.05, 0.1) is 5.56 Å². The third-order valence-electron chi connectivity index (χ3n) is 3.32. The Kier molecular flexibility index (Phi) is 4.08. The number of alkyl halides is 3. The summed E-state index contributed by atoms with van der Waals surface area (Å²) in [4.78, 5) is 11.3. The Balaban J connectivity index is 2.01. The monoisotopic (exact) mass is 268 g/mol.